The van der Waals surface area contributed by atoms with Gasteiger partial charge in [-0.15, -0.1) is 0 Å². The van der Waals surface area contributed by atoms with Crippen LogP contribution in [0.25, 0.3) is 0 Å². The average Bonchev–Trinajstić information content (AvgIpc) is 2.63. The lowest BCUT2D eigenvalue weighted by molar-refractivity contribution is -0.130. The number of methoxy groups -OCH3 is 1. The molecule has 1 aromatic rings. The molecular weight excluding hydrogens is 198 g/mol. The van der Waals surface area contributed by atoms with Crippen molar-refractivity contribution in [2.75, 3.05) is 13.7 Å². The van der Waals surface area contributed by atoms with E-state index in [9.17, 15) is 4.79 Å². The van der Waals surface area contributed by atoms with Crippen LogP contribution < -0.4 is 11.1 Å². The zero-order chi connectivity index (χ0) is 11.3. The van der Waals surface area contributed by atoms with Crippen LogP contribution in [0.15, 0.2) is 10.6 Å². The molecule has 0 saturated heterocycles. The molecule has 0 aliphatic carbocycles. The number of hydrogen-bond donors (Lipinski definition) is 2. The molecule has 0 bridgehead atoms. The summed E-state index contributed by atoms with van der Waals surface area (Å²) in [6.45, 7) is 2.18. The molecule has 0 aromatic carbocycles. The van der Waals surface area contributed by atoms with Crippen molar-refractivity contribution in [2.45, 2.75) is 19.6 Å². The lowest BCUT2D eigenvalue weighted by atomic mass is 10.3. The predicted octanol–water partition coefficient (Wildman–Crippen LogP) is -0.427. The van der Waals surface area contributed by atoms with Gasteiger partial charge in [-0.3, -0.25) is 4.79 Å². The smallest absolute Gasteiger partial charge is 0.250 e. The minimum absolute atomic E-state index is 0.146. The molecule has 15 heavy (non-hydrogen) atoms. The molecule has 0 aliphatic heterocycles. The van der Waals surface area contributed by atoms with Crippen LogP contribution in [-0.4, -0.2) is 30.6 Å². The van der Waals surface area contributed by atoms with Crippen molar-refractivity contribution in [3.63, 3.8) is 0 Å². The summed E-state index contributed by atoms with van der Waals surface area (Å²) in [5.74, 6) is 0.907. The van der Waals surface area contributed by atoms with Crippen molar-refractivity contribution >= 4 is 5.91 Å². The van der Waals surface area contributed by atoms with Crippen LogP contribution in [0.4, 0.5) is 0 Å². The molecule has 1 amide bonds. The normalized spacial score (nSPS) is 12.5. The fourth-order valence-electron chi connectivity index (χ4n) is 1.07. The van der Waals surface area contributed by atoms with Crippen LogP contribution in [0.2, 0.25) is 0 Å². The van der Waals surface area contributed by atoms with Gasteiger partial charge < -0.3 is 20.2 Å². The predicted molar refractivity (Wildman–Crippen MR) is 52.9 cm³/mol. The van der Waals surface area contributed by atoms with E-state index in [0.717, 1.165) is 0 Å². The Hall–Kier alpha value is -1.40. The summed E-state index contributed by atoms with van der Waals surface area (Å²) in [5.41, 5.74) is 5.33. The molecule has 0 fully saturated rings. The molecule has 3 N–H and O–H groups in total. The zero-order valence-electron chi connectivity index (χ0n) is 8.82. The maximum atomic E-state index is 11.4. The summed E-state index contributed by atoms with van der Waals surface area (Å²) in [4.78, 5) is 15.3. The average molecular weight is 213 g/mol. The number of nitrogens with two attached hydrogens (primary N) is 1. The third-order valence-corrected chi connectivity index (χ3v) is 1.87. The molecule has 6 heteroatoms. The van der Waals surface area contributed by atoms with E-state index in [1.54, 1.807) is 13.1 Å². The number of oxazole rings is 1. The molecule has 1 heterocycles. The molecule has 84 valence electrons. The van der Waals surface area contributed by atoms with Crippen LogP contribution in [0.1, 0.15) is 11.7 Å². The van der Waals surface area contributed by atoms with Crippen LogP contribution >= 0.6 is 0 Å². The van der Waals surface area contributed by atoms with Crippen molar-refractivity contribution in [3.05, 3.63) is 17.8 Å². The number of nitrogens with zero attached hydrogens (tertiary/aromatic N) is 1. The fraction of sp³-hybridized carbons (Fsp3) is 0.556. The van der Waals surface area contributed by atoms with Gasteiger partial charge in [-0.1, -0.05) is 0 Å². The van der Waals surface area contributed by atoms with Gasteiger partial charge in [0.15, 0.2) is 0 Å². The molecule has 1 atom stereocenters. The monoisotopic (exact) mass is 213 g/mol. The van der Waals surface area contributed by atoms with Crippen molar-refractivity contribution in [1.82, 2.24) is 10.3 Å². The highest BCUT2D eigenvalue weighted by Gasteiger charge is 2.15. The highest BCUT2D eigenvalue weighted by Crippen LogP contribution is 2.00. The van der Waals surface area contributed by atoms with Gasteiger partial charge in [-0.05, 0) is 6.92 Å². The largest absolute Gasteiger partial charge is 0.444 e. The van der Waals surface area contributed by atoms with E-state index in [1.165, 1.54) is 7.11 Å². The second-order valence-corrected chi connectivity index (χ2v) is 3.04. The minimum Gasteiger partial charge on any atom is -0.444 e. The Morgan fingerprint density at radius 1 is 1.80 bits per heavy atom. The van der Waals surface area contributed by atoms with Crippen molar-refractivity contribution < 1.29 is 13.9 Å². The topological polar surface area (TPSA) is 90.4 Å². The number of aromatic nitrogens is 1. The Morgan fingerprint density at radius 2 is 2.53 bits per heavy atom. The van der Waals surface area contributed by atoms with Gasteiger partial charge >= 0.3 is 0 Å². The van der Waals surface area contributed by atoms with Crippen molar-refractivity contribution in [1.29, 1.82) is 0 Å². The first-order valence-corrected chi connectivity index (χ1v) is 4.59. The molecule has 1 rings (SSSR count). The van der Waals surface area contributed by atoms with Crippen molar-refractivity contribution in [3.8, 4) is 0 Å². The number of aryl methyl sites for hydroxylation is 1. The molecule has 6 nitrogen and oxygen atoms in total. The molecule has 1 unspecified atom stereocenters. The van der Waals surface area contributed by atoms with E-state index in [1.807, 2.05) is 0 Å². The number of carbonyl (C=O) groups is 1. The summed E-state index contributed by atoms with van der Waals surface area (Å²) >= 11 is 0. The van der Waals surface area contributed by atoms with Crippen LogP contribution in [-0.2, 0) is 16.1 Å². The Bertz CT molecular complexity index is 320. The number of ether oxygens (including phenoxy) is 1. The Labute approximate surface area is 87.8 Å². The highest BCUT2D eigenvalue weighted by molar-refractivity contribution is 5.80. The maximum Gasteiger partial charge on any atom is 0.250 e. The fourth-order valence-corrected chi connectivity index (χ4v) is 1.07. The van der Waals surface area contributed by atoms with E-state index < -0.39 is 6.10 Å². The Balaban J connectivity index is 2.40. The standard InChI is InChI=1S/C9H15N3O3/c1-6-4-11-8(15-6)5-12-9(13)7(3-10)14-2/h4,7H,3,5,10H2,1-2H3,(H,12,13). The van der Waals surface area contributed by atoms with Crippen LogP contribution in [0.5, 0.6) is 0 Å². The van der Waals surface area contributed by atoms with E-state index in [-0.39, 0.29) is 19.0 Å². The number of nitrogens with one attached hydrogen (secondary N) is 1. The first-order chi connectivity index (χ1) is 7.17. The van der Waals surface area contributed by atoms with Gasteiger partial charge in [0.25, 0.3) is 5.91 Å². The quantitative estimate of drug-likeness (QED) is 0.692. The van der Waals surface area contributed by atoms with E-state index in [4.69, 9.17) is 14.9 Å². The SMILES string of the molecule is COC(CN)C(=O)NCc1ncc(C)o1. The van der Waals surface area contributed by atoms with Crippen LogP contribution in [0, 0.1) is 6.92 Å². The van der Waals surface area contributed by atoms with Gasteiger partial charge in [0.05, 0.1) is 12.7 Å². The summed E-state index contributed by atoms with van der Waals surface area (Å²) < 4.78 is 10.0. The first-order valence-electron chi connectivity index (χ1n) is 4.59. The molecular formula is C9H15N3O3. The van der Waals surface area contributed by atoms with Gasteiger partial charge in [0.1, 0.15) is 11.9 Å². The molecule has 1 aromatic heterocycles. The van der Waals surface area contributed by atoms with Crippen LogP contribution in [0.3, 0.4) is 0 Å². The molecule has 0 radical (unpaired) electrons. The summed E-state index contributed by atoms with van der Waals surface area (Å²) in [6.07, 6.45) is 0.971. The third-order valence-electron chi connectivity index (χ3n) is 1.87. The van der Waals surface area contributed by atoms with Gasteiger partial charge in [0, 0.05) is 13.7 Å². The molecule has 0 aliphatic rings. The number of amides is 1. The second kappa shape index (κ2) is 5.47. The number of carbonyl (C=O) groups excluding carboxylic acids is 1. The zero-order valence-corrected chi connectivity index (χ0v) is 8.82. The van der Waals surface area contributed by atoms with Gasteiger partial charge in [-0.25, -0.2) is 4.98 Å². The third kappa shape index (κ3) is 3.34. The molecule has 0 saturated carbocycles. The lowest BCUT2D eigenvalue weighted by Crippen LogP contribution is -2.40. The highest BCUT2D eigenvalue weighted by atomic mass is 16.5. The van der Waals surface area contributed by atoms with Gasteiger partial charge in [0.2, 0.25) is 5.89 Å². The number of rotatable bonds is 5. The minimum atomic E-state index is -0.624. The van der Waals surface area contributed by atoms with Gasteiger partial charge in [-0.2, -0.15) is 0 Å². The summed E-state index contributed by atoms with van der Waals surface area (Å²) in [5, 5.41) is 2.61. The Morgan fingerprint density at radius 3 is 3.00 bits per heavy atom. The summed E-state index contributed by atoms with van der Waals surface area (Å²) in [6, 6.07) is 0. The second-order valence-electron chi connectivity index (χ2n) is 3.04. The Kier molecular flexibility index (Phi) is 4.26. The first kappa shape index (κ1) is 11.7. The van der Waals surface area contributed by atoms with E-state index in [0.29, 0.717) is 11.7 Å². The lowest BCUT2D eigenvalue weighted by Gasteiger charge is -2.11. The van der Waals surface area contributed by atoms with Crippen molar-refractivity contribution in [2.24, 2.45) is 5.73 Å². The maximum absolute atomic E-state index is 11.4. The van der Waals surface area contributed by atoms with E-state index in [2.05, 4.69) is 10.3 Å². The summed E-state index contributed by atoms with van der Waals surface area (Å²) in [7, 11) is 1.44. The number of hydrogen-bond acceptors (Lipinski definition) is 5. The van der Waals surface area contributed by atoms with E-state index >= 15 is 0 Å². The molecule has 0 spiro atoms.